The van der Waals surface area contributed by atoms with Crippen LogP contribution in [0.1, 0.15) is 24.9 Å². The highest BCUT2D eigenvalue weighted by molar-refractivity contribution is 5.21. The van der Waals surface area contributed by atoms with Crippen LogP contribution in [0.5, 0.6) is 0 Å². The third kappa shape index (κ3) is 1.73. The van der Waals surface area contributed by atoms with Crippen LogP contribution in [0, 0.1) is 11.7 Å². The Morgan fingerprint density at radius 2 is 2.00 bits per heavy atom. The Morgan fingerprint density at radius 1 is 1.31 bits per heavy atom. The zero-order chi connectivity index (χ0) is 9.26. The molecular formula is C11H14FN. The number of hydrogen-bond donors (Lipinski definition) is 1. The van der Waals surface area contributed by atoms with Crippen molar-refractivity contribution < 1.29 is 4.39 Å². The van der Waals surface area contributed by atoms with Gasteiger partial charge < -0.3 is 5.32 Å². The molecule has 1 aliphatic heterocycles. The van der Waals surface area contributed by atoms with E-state index in [2.05, 4.69) is 12.2 Å². The summed E-state index contributed by atoms with van der Waals surface area (Å²) in [6.45, 7) is 3.30. The zero-order valence-corrected chi connectivity index (χ0v) is 7.76. The van der Waals surface area contributed by atoms with Crippen LogP contribution in [0.4, 0.5) is 4.39 Å². The van der Waals surface area contributed by atoms with E-state index < -0.39 is 0 Å². The topological polar surface area (TPSA) is 12.0 Å². The number of rotatable bonds is 1. The Kier molecular flexibility index (Phi) is 2.32. The lowest BCUT2D eigenvalue weighted by Crippen LogP contribution is -2.16. The van der Waals surface area contributed by atoms with Gasteiger partial charge in [-0.15, -0.1) is 0 Å². The second-order valence-corrected chi connectivity index (χ2v) is 3.75. The number of halogens is 1. The van der Waals surface area contributed by atoms with Crippen LogP contribution in [0.15, 0.2) is 24.3 Å². The maximum Gasteiger partial charge on any atom is 0.123 e. The van der Waals surface area contributed by atoms with Crippen molar-refractivity contribution in [2.24, 2.45) is 5.92 Å². The molecule has 0 aliphatic carbocycles. The minimum Gasteiger partial charge on any atom is -0.310 e. The summed E-state index contributed by atoms with van der Waals surface area (Å²) in [5.41, 5.74) is 1.20. The summed E-state index contributed by atoms with van der Waals surface area (Å²) in [5, 5.41) is 3.42. The van der Waals surface area contributed by atoms with Crippen molar-refractivity contribution in [2.45, 2.75) is 19.4 Å². The van der Waals surface area contributed by atoms with Gasteiger partial charge in [0.2, 0.25) is 0 Å². The Bertz CT molecular complexity index is 281. The smallest absolute Gasteiger partial charge is 0.123 e. The summed E-state index contributed by atoms with van der Waals surface area (Å²) in [5.74, 6) is 0.500. The van der Waals surface area contributed by atoms with E-state index in [0.717, 1.165) is 6.54 Å². The average molecular weight is 179 g/mol. The normalized spacial score (nSPS) is 27.8. The molecule has 1 N–H and O–H groups in total. The van der Waals surface area contributed by atoms with Gasteiger partial charge in [0.05, 0.1) is 0 Å². The summed E-state index contributed by atoms with van der Waals surface area (Å²) < 4.78 is 12.7. The maximum absolute atomic E-state index is 12.7. The molecule has 1 fully saturated rings. The summed E-state index contributed by atoms with van der Waals surface area (Å²) >= 11 is 0. The highest BCUT2D eigenvalue weighted by Crippen LogP contribution is 2.28. The number of hydrogen-bond acceptors (Lipinski definition) is 1. The van der Waals surface area contributed by atoms with E-state index in [1.165, 1.54) is 24.1 Å². The van der Waals surface area contributed by atoms with Crippen LogP contribution in [0.25, 0.3) is 0 Å². The molecule has 0 aromatic heterocycles. The first kappa shape index (κ1) is 8.70. The van der Waals surface area contributed by atoms with Crippen LogP contribution in [0.3, 0.4) is 0 Å². The first-order valence-electron chi connectivity index (χ1n) is 4.76. The molecule has 1 saturated heterocycles. The highest BCUT2D eigenvalue weighted by atomic mass is 19.1. The minimum atomic E-state index is -0.158. The lowest BCUT2D eigenvalue weighted by molar-refractivity contribution is 0.502. The summed E-state index contributed by atoms with van der Waals surface area (Å²) in [6.07, 6.45) is 1.21. The summed E-state index contributed by atoms with van der Waals surface area (Å²) in [4.78, 5) is 0. The van der Waals surface area contributed by atoms with E-state index in [4.69, 9.17) is 0 Å². The fourth-order valence-corrected chi connectivity index (χ4v) is 1.95. The van der Waals surface area contributed by atoms with E-state index in [9.17, 15) is 4.39 Å². The highest BCUT2D eigenvalue weighted by Gasteiger charge is 2.23. The largest absolute Gasteiger partial charge is 0.310 e. The van der Waals surface area contributed by atoms with Gasteiger partial charge in [-0.25, -0.2) is 4.39 Å². The van der Waals surface area contributed by atoms with E-state index in [0.29, 0.717) is 12.0 Å². The van der Waals surface area contributed by atoms with Crippen LogP contribution < -0.4 is 5.32 Å². The molecule has 70 valence electrons. The SMILES string of the molecule is C[C@H]1CCN[C@H]1c1ccc(F)cc1. The standard InChI is InChI=1S/C11H14FN/c1-8-6-7-13-11(8)9-2-4-10(12)5-3-9/h2-5,8,11,13H,6-7H2,1H3/t8-,11+/m0/s1. The van der Waals surface area contributed by atoms with Gasteiger partial charge in [-0.05, 0) is 36.6 Å². The molecule has 0 radical (unpaired) electrons. The molecule has 1 aliphatic rings. The average Bonchev–Trinajstić information content (AvgIpc) is 2.53. The van der Waals surface area contributed by atoms with Gasteiger partial charge in [-0.1, -0.05) is 19.1 Å². The van der Waals surface area contributed by atoms with Crippen molar-refractivity contribution in [3.8, 4) is 0 Å². The minimum absolute atomic E-state index is 0.158. The molecule has 0 saturated carbocycles. The van der Waals surface area contributed by atoms with Crippen LogP contribution in [-0.4, -0.2) is 6.54 Å². The van der Waals surface area contributed by atoms with Gasteiger partial charge in [0.25, 0.3) is 0 Å². The van der Waals surface area contributed by atoms with Crippen LogP contribution in [0.2, 0.25) is 0 Å². The third-order valence-corrected chi connectivity index (χ3v) is 2.76. The summed E-state index contributed by atoms with van der Waals surface area (Å²) in [7, 11) is 0. The molecule has 0 bridgehead atoms. The van der Waals surface area contributed by atoms with Crippen molar-refractivity contribution in [2.75, 3.05) is 6.54 Å². The van der Waals surface area contributed by atoms with Crippen molar-refractivity contribution in [3.63, 3.8) is 0 Å². The lowest BCUT2D eigenvalue weighted by Gasteiger charge is -2.15. The molecule has 1 heterocycles. The van der Waals surface area contributed by atoms with E-state index in [1.807, 2.05) is 12.1 Å². The molecule has 13 heavy (non-hydrogen) atoms. The van der Waals surface area contributed by atoms with Gasteiger partial charge in [0.1, 0.15) is 5.82 Å². The number of nitrogens with one attached hydrogen (secondary N) is 1. The molecule has 2 atom stereocenters. The second-order valence-electron chi connectivity index (χ2n) is 3.75. The molecule has 2 heteroatoms. The predicted octanol–water partition coefficient (Wildman–Crippen LogP) is 2.50. The monoisotopic (exact) mass is 179 g/mol. The first-order valence-corrected chi connectivity index (χ1v) is 4.76. The van der Waals surface area contributed by atoms with Gasteiger partial charge >= 0.3 is 0 Å². The molecule has 2 rings (SSSR count). The molecule has 0 spiro atoms. The van der Waals surface area contributed by atoms with Crippen molar-refractivity contribution >= 4 is 0 Å². The van der Waals surface area contributed by atoms with Gasteiger partial charge in [-0.3, -0.25) is 0 Å². The maximum atomic E-state index is 12.7. The van der Waals surface area contributed by atoms with Gasteiger partial charge in [0, 0.05) is 6.04 Å². The van der Waals surface area contributed by atoms with E-state index >= 15 is 0 Å². The fraction of sp³-hybridized carbons (Fsp3) is 0.455. The Morgan fingerprint density at radius 3 is 2.54 bits per heavy atom. The molecule has 1 aromatic carbocycles. The first-order chi connectivity index (χ1) is 6.27. The lowest BCUT2D eigenvalue weighted by atomic mass is 9.96. The van der Waals surface area contributed by atoms with Gasteiger partial charge in [0.15, 0.2) is 0 Å². The zero-order valence-electron chi connectivity index (χ0n) is 7.76. The van der Waals surface area contributed by atoms with Crippen LogP contribution >= 0.6 is 0 Å². The van der Waals surface area contributed by atoms with E-state index in [1.54, 1.807) is 0 Å². The van der Waals surface area contributed by atoms with Crippen molar-refractivity contribution in [1.82, 2.24) is 5.32 Å². The van der Waals surface area contributed by atoms with Gasteiger partial charge in [-0.2, -0.15) is 0 Å². The second kappa shape index (κ2) is 3.46. The third-order valence-electron chi connectivity index (χ3n) is 2.76. The molecular weight excluding hydrogens is 165 g/mol. The molecule has 0 unspecified atom stereocenters. The molecule has 1 aromatic rings. The Labute approximate surface area is 78.0 Å². The summed E-state index contributed by atoms with van der Waals surface area (Å²) in [6, 6.07) is 7.22. The Balaban J connectivity index is 2.20. The van der Waals surface area contributed by atoms with E-state index in [-0.39, 0.29) is 5.82 Å². The quantitative estimate of drug-likeness (QED) is 0.698. The number of benzene rings is 1. The molecule has 0 amide bonds. The fourth-order valence-electron chi connectivity index (χ4n) is 1.95. The van der Waals surface area contributed by atoms with Crippen molar-refractivity contribution in [3.05, 3.63) is 35.6 Å². The Hall–Kier alpha value is -0.890. The van der Waals surface area contributed by atoms with Crippen molar-refractivity contribution in [1.29, 1.82) is 0 Å². The van der Waals surface area contributed by atoms with Crippen LogP contribution in [-0.2, 0) is 0 Å². The molecule has 1 nitrogen and oxygen atoms in total. The predicted molar refractivity (Wildman–Crippen MR) is 50.9 cm³/mol.